The Balaban J connectivity index is 1.61. The number of para-hydroxylation sites is 1. The Morgan fingerprint density at radius 1 is 1.23 bits per heavy atom. The smallest absolute Gasteiger partial charge is 0.254 e. The fourth-order valence-electron chi connectivity index (χ4n) is 3.79. The number of carbonyl (C=O) groups is 3. The molecule has 164 valence electrons. The molecule has 0 spiro atoms. The van der Waals surface area contributed by atoms with Gasteiger partial charge in [0.15, 0.2) is 4.75 Å². The second-order valence-corrected chi connectivity index (χ2v) is 10.3. The van der Waals surface area contributed by atoms with E-state index in [-0.39, 0.29) is 11.8 Å². The highest BCUT2D eigenvalue weighted by atomic mass is 32.2. The van der Waals surface area contributed by atoms with Gasteiger partial charge in [0.2, 0.25) is 5.91 Å². The number of carbonyl (C=O) groups excluding carboxylic acids is 3. The van der Waals surface area contributed by atoms with Crippen LogP contribution in [0, 0.1) is 0 Å². The van der Waals surface area contributed by atoms with Gasteiger partial charge in [0.25, 0.3) is 11.8 Å². The summed E-state index contributed by atoms with van der Waals surface area (Å²) in [6.07, 6.45) is 3.79. The van der Waals surface area contributed by atoms with Crippen molar-refractivity contribution in [2.24, 2.45) is 0 Å². The van der Waals surface area contributed by atoms with Crippen LogP contribution in [0.5, 0.6) is 0 Å². The average Bonchev–Trinajstić information content (AvgIpc) is 3.12. The van der Waals surface area contributed by atoms with Crippen molar-refractivity contribution in [1.82, 2.24) is 5.32 Å². The van der Waals surface area contributed by atoms with Crippen LogP contribution in [0.15, 0.2) is 29.2 Å². The van der Waals surface area contributed by atoms with E-state index >= 15 is 0 Å². The third-order valence-electron chi connectivity index (χ3n) is 5.53. The Kier molecular flexibility index (Phi) is 6.36. The van der Waals surface area contributed by atoms with Crippen LogP contribution in [0.3, 0.4) is 0 Å². The SMILES string of the molecule is COCCNC(=O)c1c(NC(=O)C2(C)Sc3ccccc3NC2=O)sc2c1CCCC2. The fourth-order valence-corrected chi connectivity index (χ4v) is 6.17. The lowest BCUT2D eigenvalue weighted by atomic mass is 9.95. The first-order chi connectivity index (χ1) is 14.9. The van der Waals surface area contributed by atoms with Gasteiger partial charge in [-0.2, -0.15) is 0 Å². The van der Waals surface area contributed by atoms with E-state index in [1.165, 1.54) is 23.1 Å². The van der Waals surface area contributed by atoms with Crippen molar-refractivity contribution < 1.29 is 19.1 Å². The van der Waals surface area contributed by atoms with Crippen LogP contribution in [-0.2, 0) is 27.2 Å². The summed E-state index contributed by atoms with van der Waals surface area (Å²) in [5, 5.41) is 9.13. The minimum atomic E-state index is -1.34. The van der Waals surface area contributed by atoms with E-state index in [0.29, 0.717) is 29.4 Å². The first-order valence-corrected chi connectivity index (χ1v) is 11.9. The van der Waals surface area contributed by atoms with Gasteiger partial charge in [-0.15, -0.1) is 11.3 Å². The van der Waals surface area contributed by atoms with E-state index in [2.05, 4.69) is 16.0 Å². The molecule has 1 aliphatic carbocycles. The zero-order valence-corrected chi connectivity index (χ0v) is 19.1. The number of amides is 3. The van der Waals surface area contributed by atoms with Gasteiger partial charge >= 0.3 is 0 Å². The molecule has 3 N–H and O–H groups in total. The van der Waals surface area contributed by atoms with Crippen molar-refractivity contribution in [3.05, 3.63) is 40.3 Å². The number of nitrogens with one attached hydrogen (secondary N) is 3. The molecule has 2 heterocycles. The van der Waals surface area contributed by atoms with Crippen LogP contribution >= 0.6 is 23.1 Å². The highest BCUT2D eigenvalue weighted by Gasteiger charge is 2.46. The monoisotopic (exact) mass is 459 g/mol. The van der Waals surface area contributed by atoms with Gasteiger partial charge in [0, 0.05) is 23.4 Å². The first kappa shape index (κ1) is 21.9. The highest BCUT2D eigenvalue weighted by Crippen LogP contribution is 2.44. The minimum Gasteiger partial charge on any atom is -0.383 e. The molecule has 0 radical (unpaired) electrons. The van der Waals surface area contributed by atoms with Crippen molar-refractivity contribution in [2.75, 3.05) is 30.9 Å². The molecular weight excluding hydrogens is 434 g/mol. The van der Waals surface area contributed by atoms with Gasteiger partial charge in [-0.25, -0.2) is 0 Å². The van der Waals surface area contributed by atoms with E-state index in [0.717, 1.165) is 41.0 Å². The number of rotatable bonds is 6. The van der Waals surface area contributed by atoms with Gasteiger partial charge < -0.3 is 20.7 Å². The van der Waals surface area contributed by atoms with E-state index < -0.39 is 10.7 Å². The van der Waals surface area contributed by atoms with Gasteiger partial charge in [-0.1, -0.05) is 23.9 Å². The summed E-state index contributed by atoms with van der Waals surface area (Å²) in [5.74, 6) is -1.03. The molecule has 0 fully saturated rings. The van der Waals surface area contributed by atoms with E-state index in [9.17, 15) is 14.4 Å². The number of thiophene rings is 1. The molecule has 0 saturated heterocycles. The molecule has 1 aliphatic heterocycles. The number of thioether (sulfide) groups is 1. The highest BCUT2D eigenvalue weighted by molar-refractivity contribution is 8.02. The number of hydrogen-bond acceptors (Lipinski definition) is 6. The molecule has 4 rings (SSSR count). The van der Waals surface area contributed by atoms with Crippen LogP contribution in [-0.4, -0.2) is 42.7 Å². The van der Waals surface area contributed by atoms with Crippen LogP contribution in [0.4, 0.5) is 10.7 Å². The molecule has 9 heteroatoms. The summed E-state index contributed by atoms with van der Waals surface area (Å²) in [6, 6.07) is 7.40. The average molecular weight is 460 g/mol. The van der Waals surface area contributed by atoms with Crippen molar-refractivity contribution >= 4 is 51.5 Å². The lowest BCUT2D eigenvalue weighted by Crippen LogP contribution is -2.49. The van der Waals surface area contributed by atoms with Crippen molar-refractivity contribution in [1.29, 1.82) is 0 Å². The van der Waals surface area contributed by atoms with Gasteiger partial charge in [0.05, 0.1) is 17.9 Å². The Morgan fingerprint density at radius 2 is 2.00 bits per heavy atom. The topological polar surface area (TPSA) is 96.5 Å². The molecule has 1 aromatic carbocycles. The molecule has 31 heavy (non-hydrogen) atoms. The van der Waals surface area contributed by atoms with Crippen molar-refractivity contribution in [3.8, 4) is 0 Å². The minimum absolute atomic E-state index is 0.219. The second kappa shape index (κ2) is 9.02. The number of benzene rings is 1. The normalized spacial score (nSPS) is 19.7. The zero-order valence-electron chi connectivity index (χ0n) is 17.5. The molecule has 3 amide bonds. The summed E-state index contributed by atoms with van der Waals surface area (Å²) >= 11 is 2.67. The molecular formula is C22H25N3O4S2. The van der Waals surface area contributed by atoms with Gasteiger partial charge in [-0.3, -0.25) is 14.4 Å². The Morgan fingerprint density at radius 3 is 2.81 bits per heavy atom. The largest absolute Gasteiger partial charge is 0.383 e. The third kappa shape index (κ3) is 4.22. The molecule has 2 aliphatic rings. The number of aryl methyl sites for hydroxylation is 1. The number of ether oxygens (including phenoxy) is 1. The number of hydrogen-bond donors (Lipinski definition) is 3. The van der Waals surface area contributed by atoms with E-state index in [4.69, 9.17) is 4.74 Å². The summed E-state index contributed by atoms with van der Waals surface area (Å²) in [6.45, 7) is 2.41. The van der Waals surface area contributed by atoms with Gasteiger partial charge in [-0.05, 0) is 50.3 Å². The van der Waals surface area contributed by atoms with Crippen molar-refractivity contribution in [2.45, 2.75) is 42.2 Å². The quantitative estimate of drug-likeness (QED) is 0.454. The zero-order chi connectivity index (χ0) is 22.0. The molecule has 1 aromatic heterocycles. The summed E-state index contributed by atoms with van der Waals surface area (Å²) in [5.41, 5.74) is 2.24. The second-order valence-electron chi connectivity index (χ2n) is 7.70. The molecule has 7 nitrogen and oxygen atoms in total. The molecule has 1 atom stereocenters. The lowest BCUT2D eigenvalue weighted by Gasteiger charge is -2.31. The predicted octanol–water partition coefficient (Wildman–Crippen LogP) is 3.44. The number of fused-ring (bicyclic) bond motifs is 2. The molecule has 1 unspecified atom stereocenters. The molecule has 2 aromatic rings. The summed E-state index contributed by atoms with van der Waals surface area (Å²) in [7, 11) is 1.58. The van der Waals surface area contributed by atoms with Crippen LogP contribution in [0.2, 0.25) is 0 Å². The maximum atomic E-state index is 13.3. The predicted molar refractivity (Wildman–Crippen MR) is 123 cm³/mol. The standard InChI is InChI=1S/C22H25N3O4S2/c1-22(20(27)24-14-8-4-6-10-16(14)31-22)21(28)25-19-17(18(26)23-11-12-29-2)13-7-3-5-9-15(13)30-19/h4,6,8,10H,3,5,7,9,11-12H2,1-2H3,(H,23,26)(H,24,27)(H,25,28). The van der Waals surface area contributed by atoms with E-state index in [1.54, 1.807) is 14.0 Å². The number of methoxy groups -OCH3 is 1. The first-order valence-electron chi connectivity index (χ1n) is 10.3. The van der Waals surface area contributed by atoms with Gasteiger partial charge in [0.1, 0.15) is 5.00 Å². The summed E-state index contributed by atoms with van der Waals surface area (Å²) < 4.78 is 3.68. The van der Waals surface area contributed by atoms with Crippen LogP contribution in [0.1, 0.15) is 40.6 Å². The Bertz CT molecular complexity index is 1040. The van der Waals surface area contributed by atoms with Crippen LogP contribution < -0.4 is 16.0 Å². The lowest BCUT2D eigenvalue weighted by molar-refractivity contribution is -0.126. The maximum Gasteiger partial charge on any atom is 0.254 e. The maximum absolute atomic E-state index is 13.3. The summed E-state index contributed by atoms with van der Waals surface area (Å²) in [4.78, 5) is 41.0. The molecule has 0 saturated carbocycles. The number of anilines is 2. The third-order valence-corrected chi connectivity index (χ3v) is 8.10. The van der Waals surface area contributed by atoms with Crippen molar-refractivity contribution in [3.63, 3.8) is 0 Å². The van der Waals surface area contributed by atoms with Crippen LogP contribution in [0.25, 0.3) is 0 Å². The van der Waals surface area contributed by atoms with E-state index in [1.807, 2.05) is 24.3 Å². The fraction of sp³-hybridized carbons (Fsp3) is 0.409. The Hall–Kier alpha value is -2.36. The molecule has 0 bridgehead atoms. The Labute approximate surface area is 189 Å².